The maximum Gasteiger partial charge on any atom is 0.225 e. The number of aliphatic hydroxyl groups excluding tert-OH is 2. The largest absolute Gasteiger partial charge is 0.491 e. The topological polar surface area (TPSA) is 73.2 Å². The molecule has 2 aliphatic heterocycles. The number of hydrogen-bond donors (Lipinski definition) is 2. The number of allylic oxidation sites excluding steroid dienone is 1. The predicted molar refractivity (Wildman–Crippen MR) is 165 cm³/mol. The third-order valence-corrected chi connectivity index (χ3v) is 9.47. The molecule has 5 rings (SSSR count). The number of hydrogen-bond acceptors (Lipinski definition) is 5. The number of fused-ring (bicyclic) bond motifs is 1. The van der Waals surface area contributed by atoms with Gasteiger partial charge in [0.25, 0.3) is 0 Å². The Labute approximate surface area is 249 Å². The van der Waals surface area contributed by atoms with Crippen molar-refractivity contribution in [3.05, 3.63) is 70.3 Å². The molecule has 0 bridgehead atoms. The molecule has 2 aromatic rings. The van der Waals surface area contributed by atoms with E-state index in [0.717, 1.165) is 86.7 Å². The summed E-state index contributed by atoms with van der Waals surface area (Å²) in [7, 11) is 0. The molecule has 1 aliphatic carbocycles. The summed E-state index contributed by atoms with van der Waals surface area (Å²) in [4.78, 5) is 17.0. The van der Waals surface area contributed by atoms with E-state index >= 15 is 0 Å². The van der Waals surface area contributed by atoms with Gasteiger partial charge in [-0.25, -0.2) is 0 Å². The Balaban J connectivity index is 1.43. The minimum absolute atomic E-state index is 0.0135. The van der Waals surface area contributed by atoms with Crippen molar-refractivity contribution in [2.24, 2.45) is 11.8 Å². The number of ether oxygens (including phenoxy) is 1. The Hall–Kier alpha value is -2.54. The number of rotatable bonds is 10. The zero-order valence-electron chi connectivity index (χ0n) is 24.5. The number of nitrogens with zero attached hydrogens (tertiary/aromatic N) is 2. The van der Waals surface area contributed by atoms with Gasteiger partial charge in [0, 0.05) is 37.1 Å². The molecule has 3 aliphatic rings. The van der Waals surface area contributed by atoms with Crippen LogP contribution >= 0.6 is 11.6 Å². The summed E-state index contributed by atoms with van der Waals surface area (Å²) in [5.74, 6) is 1.55. The summed E-state index contributed by atoms with van der Waals surface area (Å²) in [6.45, 7) is 7.81. The molecule has 2 heterocycles. The molecule has 5 unspecified atom stereocenters. The van der Waals surface area contributed by atoms with Gasteiger partial charge in [0.1, 0.15) is 5.75 Å². The van der Waals surface area contributed by atoms with E-state index in [0.29, 0.717) is 12.5 Å². The first kappa shape index (κ1) is 29.9. The molecule has 2 aromatic carbocycles. The van der Waals surface area contributed by atoms with E-state index < -0.39 is 12.2 Å². The lowest BCUT2D eigenvalue weighted by Gasteiger charge is -2.42. The molecule has 0 radical (unpaired) electrons. The summed E-state index contributed by atoms with van der Waals surface area (Å²) in [6, 6.07) is 12.1. The third-order valence-electron chi connectivity index (χ3n) is 9.24. The van der Waals surface area contributed by atoms with Gasteiger partial charge in [-0.15, -0.1) is 0 Å². The van der Waals surface area contributed by atoms with Crippen LogP contribution in [0.3, 0.4) is 0 Å². The van der Waals surface area contributed by atoms with Crippen molar-refractivity contribution in [3.8, 4) is 5.75 Å². The standard InChI is InChI=1S/C34H45ClN2O4/c1-3-7-23-17-27(35)11-13-28(23)26-21-37(20-25-9-12-29(25)31(38)8-4-2)30-18-24(10-14-33(30)41-22-26)32(39)19-34(40)36-15-5-6-16-36/h4,8,10-11,13-14,17-18,25-26,29,31-32,38-39H,3,5-7,9,12,15-16,19-22H2,1-2H3/b8-4+. The molecule has 5 atom stereocenters. The highest BCUT2D eigenvalue weighted by Gasteiger charge is 2.38. The van der Waals surface area contributed by atoms with Crippen LogP contribution in [0.5, 0.6) is 5.75 Å². The van der Waals surface area contributed by atoms with E-state index in [1.54, 1.807) is 0 Å². The van der Waals surface area contributed by atoms with E-state index in [-0.39, 0.29) is 24.2 Å². The maximum atomic E-state index is 12.8. The molecule has 0 spiro atoms. The summed E-state index contributed by atoms with van der Waals surface area (Å²) >= 11 is 6.39. The van der Waals surface area contributed by atoms with Crippen molar-refractivity contribution in [2.45, 2.75) is 76.9 Å². The van der Waals surface area contributed by atoms with Gasteiger partial charge >= 0.3 is 0 Å². The lowest BCUT2D eigenvalue weighted by molar-refractivity contribution is -0.132. The van der Waals surface area contributed by atoms with Crippen LogP contribution < -0.4 is 9.64 Å². The van der Waals surface area contributed by atoms with Crippen LogP contribution in [0.1, 0.15) is 81.1 Å². The predicted octanol–water partition coefficient (Wildman–Crippen LogP) is 6.28. The van der Waals surface area contributed by atoms with Crippen molar-refractivity contribution < 1.29 is 19.7 Å². The van der Waals surface area contributed by atoms with Crippen molar-refractivity contribution in [3.63, 3.8) is 0 Å². The van der Waals surface area contributed by atoms with Crippen LogP contribution in [-0.4, -0.2) is 59.9 Å². The summed E-state index contributed by atoms with van der Waals surface area (Å²) in [5, 5.41) is 22.6. The van der Waals surface area contributed by atoms with E-state index in [2.05, 4.69) is 24.0 Å². The number of amides is 1. The number of aryl methyl sites for hydroxylation is 1. The van der Waals surface area contributed by atoms with Gasteiger partial charge < -0.3 is 24.7 Å². The fourth-order valence-electron chi connectivity index (χ4n) is 6.81. The van der Waals surface area contributed by atoms with Gasteiger partial charge in [0.15, 0.2) is 0 Å². The van der Waals surface area contributed by atoms with Crippen molar-refractivity contribution in [2.75, 3.05) is 37.7 Å². The van der Waals surface area contributed by atoms with Gasteiger partial charge in [0.05, 0.1) is 30.9 Å². The third kappa shape index (κ3) is 6.93. The molecule has 0 aromatic heterocycles. The smallest absolute Gasteiger partial charge is 0.225 e. The molecular formula is C34H45ClN2O4. The Morgan fingerprint density at radius 2 is 1.95 bits per heavy atom. The minimum atomic E-state index is -0.866. The Morgan fingerprint density at radius 3 is 2.66 bits per heavy atom. The fourth-order valence-corrected chi connectivity index (χ4v) is 7.01. The second-order valence-corrected chi connectivity index (χ2v) is 12.5. The lowest BCUT2D eigenvalue weighted by atomic mass is 9.70. The maximum absolute atomic E-state index is 12.8. The highest BCUT2D eigenvalue weighted by molar-refractivity contribution is 6.30. The van der Waals surface area contributed by atoms with Crippen molar-refractivity contribution >= 4 is 23.2 Å². The van der Waals surface area contributed by atoms with E-state index in [9.17, 15) is 15.0 Å². The minimum Gasteiger partial charge on any atom is -0.491 e. The fraction of sp³-hybridized carbons (Fsp3) is 0.559. The first-order valence-electron chi connectivity index (χ1n) is 15.4. The van der Waals surface area contributed by atoms with E-state index in [1.807, 2.05) is 48.2 Å². The summed E-state index contributed by atoms with van der Waals surface area (Å²) in [5.41, 5.74) is 4.22. The highest BCUT2D eigenvalue weighted by Crippen LogP contribution is 2.43. The average molecular weight is 581 g/mol. The second-order valence-electron chi connectivity index (χ2n) is 12.1. The van der Waals surface area contributed by atoms with Crippen molar-refractivity contribution in [1.29, 1.82) is 0 Å². The first-order valence-corrected chi connectivity index (χ1v) is 15.8. The molecule has 2 N–H and O–H groups in total. The van der Waals surface area contributed by atoms with E-state index in [1.165, 1.54) is 11.1 Å². The lowest BCUT2D eigenvalue weighted by Crippen LogP contribution is -2.43. The van der Waals surface area contributed by atoms with Crippen LogP contribution in [0.2, 0.25) is 5.02 Å². The van der Waals surface area contributed by atoms with Crippen LogP contribution in [0.25, 0.3) is 0 Å². The Bertz CT molecular complexity index is 1230. The van der Waals surface area contributed by atoms with Gasteiger partial charge in [-0.3, -0.25) is 4.79 Å². The highest BCUT2D eigenvalue weighted by atomic mass is 35.5. The number of carbonyl (C=O) groups is 1. The molecule has 41 heavy (non-hydrogen) atoms. The van der Waals surface area contributed by atoms with Gasteiger partial charge in [0.2, 0.25) is 5.91 Å². The molecule has 6 nitrogen and oxygen atoms in total. The zero-order valence-corrected chi connectivity index (χ0v) is 25.2. The number of carbonyl (C=O) groups excluding carboxylic acids is 1. The number of benzene rings is 2. The number of halogens is 1. The molecule has 2 fully saturated rings. The first-order chi connectivity index (χ1) is 19.9. The van der Waals surface area contributed by atoms with Gasteiger partial charge in [-0.05, 0) is 91.8 Å². The molecular weight excluding hydrogens is 536 g/mol. The number of anilines is 1. The molecule has 1 saturated carbocycles. The van der Waals surface area contributed by atoms with E-state index in [4.69, 9.17) is 16.3 Å². The van der Waals surface area contributed by atoms with Crippen molar-refractivity contribution in [1.82, 2.24) is 4.90 Å². The Morgan fingerprint density at radius 1 is 1.15 bits per heavy atom. The molecule has 7 heteroatoms. The Kier molecular flexibility index (Phi) is 9.95. The summed E-state index contributed by atoms with van der Waals surface area (Å²) < 4.78 is 6.46. The molecule has 222 valence electrons. The van der Waals surface area contributed by atoms with Crippen LogP contribution in [0.15, 0.2) is 48.6 Å². The SMILES string of the molecule is C/C=C/C(O)C1CCC1CN1CC(c2ccc(Cl)cc2CCC)COc2ccc(C(O)CC(=O)N3CCCC3)cc21. The van der Waals surface area contributed by atoms with Crippen LogP contribution in [0.4, 0.5) is 5.69 Å². The van der Waals surface area contributed by atoms with Gasteiger partial charge in [-0.1, -0.05) is 49.2 Å². The van der Waals surface area contributed by atoms with Crippen LogP contribution in [-0.2, 0) is 11.2 Å². The van der Waals surface area contributed by atoms with Gasteiger partial charge in [-0.2, -0.15) is 0 Å². The van der Waals surface area contributed by atoms with Crippen LogP contribution in [0, 0.1) is 11.8 Å². The second kappa shape index (κ2) is 13.6. The quantitative estimate of drug-likeness (QED) is 0.323. The molecule has 1 saturated heterocycles. The number of likely N-dealkylation sites (tertiary alicyclic amines) is 1. The average Bonchev–Trinajstić information content (AvgIpc) is 3.42. The monoisotopic (exact) mass is 580 g/mol. The molecule has 1 amide bonds. The zero-order chi connectivity index (χ0) is 28.9. The summed E-state index contributed by atoms with van der Waals surface area (Å²) in [6.07, 6.45) is 8.78. The normalized spacial score (nSPS) is 24.0. The number of aliphatic hydroxyl groups is 2.